The molecule has 0 unspecified atom stereocenters. The second kappa shape index (κ2) is 8.76. The van der Waals surface area contributed by atoms with Crippen molar-refractivity contribution in [3.05, 3.63) is 46.1 Å². The third kappa shape index (κ3) is 4.12. The average molecular weight is 454 g/mol. The Balaban J connectivity index is 1.76. The van der Waals surface area contributed by atoms with Crippen LogP contribution in [0.25, 0.3) is 0 Å². The topological polar surface area (TPSA) is 146 Å². The Labute approximate surface area is 179 Å². The Kier molecular flexibility index (Phi) is 6.32. The van der Waals surface area contributed by atoms with Crippen LogP contribution in [-0.2, 0) is 23.9 Å². The van der Waals surface area contributed by atoms with Gasteiger partial charge in [-0.15, -0.1) is 11.8 Å². The zero-order chi connectivity index (χ0) is 22.0. The van der Waals surface area contributed by atoms with E-state index in [1.54, 1.807) is 0 Å². The first-order valence-electron chi connectivity index (χ1n) is 8.56. The Morgan fingerprint density at radius 1 is 1.33 bits per heavy atom. The summed E-state index contributed by atoms with van der Waals surface area (Å²) < 4.78 is 4.87. The summed E-state index contributed by atoms with van der Waals surface area (Å²) in [7, 11) is 0. The molecule has 158 valence electrons. The molecule has 1 saturated heterocycles. The van der Waals surface area contributed by atoms with Crippen LogP contribution in [0.3, 0.4) is 0 Å². The number of benzene rings is 1. The van der Waals surface area contributed by atoms with E-state index in [0.29, 0.717) is 5.02 Å². The highest BCUT2D eigenvalue weighted by Crippen LogP contribution is 2.40. The van der Waals surface area contributed by atoms with Gasteiger partial charge in [-0.1, -0.05) is 28.9 Å². The van der Waals surface area contributed by atoms with Crippen LogP contribution >= 0.6 is 23.4 Å². The number of fused-ring (bicyclic) bond motifs is 1. The summed E-state index contributed by atoms with van der Waals surface area (Å²) in [5, 5.41) is 24.0. The van der Waals surface area contributed by atoms with E-state index in [0.717, 1.165) is 4.90 Å². The third-order valence-corrected chi connectivity index (χ3v) is 6.01. The van der Waals surface area contributed by atoms with Crippen molar-refractivity contribution in [3.8, 4) is 0 Å². The van der Waals surface area contributed by atoms with E-state index in [2.05, 4.69) is 10.5 Å². The molecule has 2 atom stereocenters. The standard InChI is InChI=1S/C18H16ClN3O7S/c1-8(23)29-6-10-7-30-17-13(16(25)22(17)14(10)18(26)27)20-15(24)12(21-28)9-2-4-11(19)5-3-9/h2-5,13,17,28H,6-7H2,1H3,(H,20,24)(H,26,27)/t13-,17+/m1/s1. The molecule has 30 heavy (non-hydrogen) atoms. The molecule has 0 bridgehead atoms. The minimum atomic E-state index is -1.33. The summed E-state index contributed by atoms with van der Waals surface area (Å²) >= 11 is 7.03. The van der Waals surface area contributed by atoms with Crippen molar-refractivity contribution in [1.29, 1.82) is 0 Å². The molecule has 0 aromatic heterocycles. The number of ether oxygens (including phenoxy) is 1. The lowest BCUT2D eigenvalue weighted by Gasteiger charge is -2.49. The van der Waals surface area contributed by atoms with Gasteiger partial charge >= 0.3 is 11.9 Å². The van der Waals surface area contributed by atoms with Gasteiger partial charge in [-0.3, -0.25) is 19.3 Å². The average Bonchev–Trinajstić information content (AvgIpc) is 2.71. The minimum absolute atomic E-state index is 0.202. The zero-order valence-corrected chi connectivity index (χ0v) is 17.1. The van der Waals surface area contributed by atoms with E-state index in [1.165, 1.54) is 43.0 Å². The Bertz CT molecular complexity index is 976. The molecule has 0 spiro atoms. The number of aliphatic carboxylic acids is 1. The van der Waals surface area contributed by atoms with Gasteiger partial charge < -0.3 is 20.4 Å². The van der Waals surface area contributed by atoms with E-state index >= 15 is 0 Å². The number of carbonyl (C=O) groups excluding carboxylic acids is 3. The monoisotopic (exact) mass is 453 g/mol. The fourth-order valence-corrected chi connectivity index (χ4v) is 4.49. The molecule has 3 N–H and O–H groups in total. The molecule has 2 aliphatic heterocycles. The summed E-state index contributed by atoms with van der Waals surface area (Å²) in [5.41, 5.74) is -0.00233. The number of esters is 1. The minimum Gasteiger partial charge on any atom is -0.477 e. The molecule has 1 fully saturated rings. The smallest absolute Gasteiger partial charge is 0.352 e. The van der Waals surface area contributed by atoms with Gasteiger partial charge in [0, 0.05) is 28.8 Å². The molecule has 2 heterocycles. The van der Waals surface area contributed by atoms with Crippen LogP contribution in [0.1, 0.15) is 12.5 Å². The number of carboxylic acid groups (broad SMARTS) is 1. The van der Waals surface area contributed by atoms with Crippen molar-refractivity contribution in [2.45, 2.75) is 18.3 Å². The van der Waals surface area contributed by atoms with Crippen molar-refractivity contribution < 1.29 is 34.2 Å². The van der Waals surface area contributed by atoms with Crippen molar-refractivity contribution in [3.63, 3.8) is 0 Å². The van der Waals surface area contributed by atoms with Gasteiger partial charge in [0.15, 0.2) is 5.71 Å². The van der Waals surface area contributed by atoms with Crippen LogP contribution in [-0.4, -0.2) is 68.5 Å². The normalized spacial score (nSPS) is 20.9. The van der Waals surface area contributed by atoms with E-state index in [4.69, 9.17) is 16.3 Å². The van der Waals surface area contributed by atoms with E-state index in [9.17, 15) is 29.5 Å². The van der Waals surface area contributed by atoms with Crippen LogP contribution in [0.5, 0.6) is 0 Å². The number of nitrogens with zero attached hydrogens (tertiary/aromatic N) is 2. The second-order valence-corrected chi connectivity index (χ2v) is 7.90. The fraction of sp³-hybridized carbons (Fsp3) is 0.278. The van der Waals surface area contributed by atoms with E-state index in [-0.39, 0.29) is 34.9 Å². The van der Waals surface area contributed by atoms with E-state index < -0.39 is 35.2 Å². The summed E-state index contributed by atoms with van der Waals surface area (Å²) in [4.78, 5) is 48.9. The number of oxime groups is 1. The largest absolute Gasteiger partial charge is 0.477 e. The number of carbonyl (C=O) groups is 4. The number of halogens is 1. The van der Waals surface area contributed by atoms with Crippen molar-refractivity contribution in [2.75, 3.05) is 12.4 Å². The lowest BCUT2D eigenvalue weighted by Crippen LogP contribution is -2.71. The predicted molar refractivity (Wildman–Crippen MR) is 106 cm³/mol. The van der Waals surface area contributed by atoms with Gasteiger partial charge in [0.25, 0.3) is 11.8 Å². The van der Waals surface area contributed by atoms with Crippen molar-refractivity contribution in [1.82, 2.24) is 10.2 Å². The summed E-state index contributed by atoms with van der Waals surface area (Å²) in [5.74, 6) is -3.14. The van der Waals surface area contributed by atoms with E-state index in [1.807, 2.05) is 0 Å². The summed E-state index contributed by atoms with van der Waals surface area (Å²) in [6.07, 6.45) is 0. The molecule has 0 aliphatic carbocycles. The number of hydrogen-bond acceptors (Lipinski definition) is 8. The van der Waals surface area contributed by atoms with Crippen molar-refractivity contribution >= 4 is 52.8 Å². The molecule has 2 aliphatic rings. The highest BCUT2D eigenvalue weighted by atomic mass is 35.5. The first-order valence-corrected chi connectivity index (χ1v) is 9.99. The highest BCUT2D eigenvalue weighted by molar-refractivity contribution is 8.00. The summed E-state index contributed by atoms with van der Waals surface area (Å²) in [6, 6.07) is 4.98. The van der Waals surface area contributed by atoms with Gasteiger partial charge in [0.1, 0.15) is 23.7 Å². The lowest BCUT2D eigenvalue weighted by atomic mass is 10.0. The maximum Gasteiger partial charge on any atom is 0.352 e. The quantitative estimate of drug-likeness (QED) is 0.189. The molecule has 0 saturated carbocycles. The first-order chi connectivity index (χ1) is 14.2. The molecule has 1 aromatic rings. The second-order valence-electron chi connectivity index (χ2n) is 6.35. The van der Waals surface area contributed by atoms with Gasteiger partial charge in [0.2, 0.25) is 0 Å². The molecular formula is C18H16ClN3O7S. The SMILES string of the molecule is CC(=O)OCC1=C(C(=O)O)N2C(=O)[C@@H](NC(=O)C(=NO)c3ccc(Cl)cc3)[C@@H]2SC1. The number of thioether (sulfide) groups is 1. The molecule has 0 radical (unpaired) electrons. The van der Waals surface area contributed by atoms with Crippen LogP contribution in [0.15, 0.2) is 40.7 Å². The van der Waals surface area contributed by atoms with Gasteiger partial charge in [-0.25, -0.2) is 4.79 Å². The molecule has 10 nitrogen and oxygen atoms in total. The van der Waals surface area contributed by atoms with Gasteiger partial charge in [-0.05, 0) is 12.1 Å². The van der Waals surface area contributed by atoms with Crippen LogP contribution in [0, 0.1) is 0 Å². The first kappa shape index (κ1) is 21.7. The maximum atomic E-state index is 12.6. The Morgan fingerprint density at radius 2 is 2.00 bits per heavy atom. The maximum absolute atomic E-state index is 12.6. The number of nitrogens with one attached hydrogen (secondary N) is 1. The molecule has 2 amide bonds. The predicted octanol–water partition coefficient (Wildman–Crippen LogP) is 0.820. The number of carboxylic acids is 1. The molecule has 1 aromatic carbocycles. The molecular weight excluding hydrogens is 438 g/mol. The number of β-lactam (4-membered cyclic amide) rings is 1. The Morgan fingerprint density at radius 3 is 2.57 bits per heavy atom. The zero-order valence-electron chi connectivity index (χ0n) is 15.5. The van der Waals surface area contributed by atoms with Crippen LogP contribution in [0.4, 0.5) is 0 Å². The molecule has 12 heteroatoms. The van der Waals surface area contributed by atoms with Crippen LogP contribution < -0.4 is 5.32 Å². The Hall–Kier alpha value is -3.05. The number of rotatable bonds is 6. The summed E-state index contributed by atoms with van der Waals surface area (Å²) in [6.45, 7) is 0.955. The molecule has 3 rings (SSSR count). The third-order valence-electron chi connectivity index (χ3n) is 4.42. The lowest BCUT2D eigenvalue weighted by molar-refractivity contribution is -0.150. The highest BCUT2D eigenvalue weighted by Gasteiger charge is 2.54. The fourth-order valence-electron chi connectivity index (χ4n) is 3.03. The van der Waals surface area contributed by atoms with Crippen LogP contribution in [0.2, 0.25) is 5.02 Å². The van der Waals surface area contributed by atoms with Gasteiger partial charge in [0.05, 0.1) is 0 Å². The number of hydrogen-bond donors (Lipinski definition) is 3. The van der Waals surface area contributed by atoms with Crippen molar-refractivity contribution in [2.24, 2.45) is 5.16 Å². The number of amides is 2. The van der Waals surface area contributed by atoms with Gasteiger partial charge in [-0.2, -0.15) is 0 Å².